The Balaban J connectivity index is 3.00. The SMILES string of the molecule is CC/C=C(/CS(=O)(=O)O)c1ccccc1. The van der Waals surface area contributed by atoms with Gasteiger partial charge in [0.1, 0.15) is 5.75 Å². The van der Waals surface area contributed by atoms with Crippen molar-refractivity contribution in [3.63, 3.8) is 0 Å². The third kappa shape index (κ3) is 4.27. The van der Waals surface area contributed by atoms with Gasteiger partial charge in [-0.15, -0.1) is 0 Å². The molecule has 0 saturated heterocycles. The van der Waals surface area contributed by atoms with E-state index in [2.05, 4.69) is 0 Å². The molecule has 0 aliphatic rings. The topological polar surface area (TPSA) is 54.4 Å². The molecule has 0 aliphatic carbocycles. The van der Waals surface area contributed by atoms with E-state index in [9.17, 15) is 8.42 Å². The van der Waals surface area contributed by atoms with E-state index in [0.717, 1.165) is 12.0 Å². The van der Waals surface area contributed by atoms with Crippen molar-refractivity contribution in [1.29, 1.82) is 0 Å². The Morgan fingerprint density at radius 2 is 1.93 bits per heavy atom. The summed E-state index contributed by atoms with van der Waals surface area (Å²) in [5.41, 5.74) is 1.47. The van der Waals surface area contributed by atoms with E-state index in [4.69, 9.17) is 4.55 Å². The zero-order valence-electron chi connectivity index (χ0n) is 8.55. The highest BCUT2D eigenvalue weighted by Crippen LogP contribution is 2.16. The lowest BCUT2D eigenvalue weighted by molar-refractivity contribution is 0.487. The molecule has 0 aromatic heterocycles. The normalized spacial score (nSPS) is 12.8. The largest absolute Gasteiger partial charge is 0.285 e. The fourth-order valence-electron chi connectivity index (χ4n) is 1.36. The molecule has 0 radical (unpaired) electrons. The Morgan fingerprint density at radius 1 is 1.33 bits per heavy atom. The number of rotatable bonds is 4. The van der Waals surface area contributed by atoms with Crippen LogP contribution in [-0.4, -0.2) is 18.7 Å². The van der Waals surface area contributed by atoms with Crippen LogP contribution in [0.4, 0.5) is 0 Å². The van der Waals surface area contributed by atoms with E-state index in [1.807, 2.05) is 43.3 Å². The molecule has 0 unspecified atom stereocenters. The second kappa shape index (κ2) is 5.09. The Bertz CT molecular complexity index is 432. The van der Waals surface area contributed by atoms with Gasteiger partial charge in [0.2, 0.25) is 0 Å². The summed E-state index contributed by atoms with van der Waals surface area (Å²) in [6, 6.07) is 9.19. The van der Waals surface area contributed by atoms with Gasteiger partial charge < -0.3 is 0 Å². The van der Waals surface area contributed by atoms with E-state index in [-0.39, 0.29) is 5.75 Å². The number of hydrogen-bond acceptors (Lipinski definition) is 2. The van der Waals surface area contributed by atoms with Crippen LogP contribution in [0.25, 0.3) is 5.57 Å². The van der Waals surface area contributed by atoms with E-state index >= 15 is 0 Å². The zero-order chi connectivity index (χ0) is 11.3. The molecule has 4 heteroatoms. The van der Waals surface area contributed by atoms with Crippen LogP contribution < -0.4 is 0 Å². The lowest BCUT2D eigenvalue weighted by atomic mass is 10.1. The second-order valence-corrected chi connectivity index (χ2v) is 4.68. The quantitative estimate of drug-likeness (QED) is 0.802. The van der Waals surface area contributed by atoms with Crippen LogP contribution in [0.2, 0.25) is 0 Å². The molecule has 0 aliphatic heterocycles. The number of benzene rings is 1. The van der Waals surface area contributed by atoms with Gasteiger partial charge in [0.05, 0.1) is 0 Å². The first-order valence-electron chi connectivity index (χ1n) is 4.72. The van der Waals surface area contributed by atoms with Crippen LogP contribution >= 0.6 is 0 Å². The molecule has 0 spiro atoms. The third-order valence-electron chi connectivity index (χ3n) is 1.93. The van der Waals surface area contributed by atoms with Gasteiger partial charge in [0.25, 0.3) is 10.1 Å². The Morgan fingerprint density at radius 3 is 2.40 bits per heavy atom. The zero-order valence-corrected chi connectivity index (χ0v) is 9.37. The first-order valence-corrected chi connectivity index (χ1v) is 6.33. The summed E-state index contributed by atoms with van der Waals surface area (Å²) < 4.78 is 30.4. The molecule has 1 aromatic carbocycles. The van der Waals surface area contributed by atoms with Crippen molar-refractivity contribution >= 4 is 15.7 Å². The molecular formula is C11H14O3S. The van der Waals surface area contributed by atoms with Crippen LogP contribution in [0.1, 0.15) is 18.9 Å². The maximum atomic E-state index is 10.8. The molecule has 1 aromatic rings. The van der Waals surface area contributed by atoms with Crippen molar-refractivity contribution in [2.75, 3.05) is 5.75 Å². The maximum absolute atomic E-state index is 10.8. The van der Waals surface area contributed by atoms with Crippen LogP contribution in [0.3, 0.4) is 0 Å². The standard InChI is InChI=1S/C11H14O3S/c1-2-6-11(9-15(12,13)14)10-7-4-3-5-8-10/h3-8H,2,9H2,1H3,(H,12,13,14)/b11-6-. The Kier molecular flexibility index (Phi) is 4.05. The van der Waals surface area contributed by atoms with Crippen LogP contribution in [0.5, 0.6) is 0 Å². The lowest BCUT2D eigenvalue weighted by Crippen LogP contribution is -2.06. The van der Waals surface area contributed by atoms with Crippen molar-refractivity contribution < 1.29 is 13.0 Å². The van der Waals surface area contributed by atoms with Crippen LogP contribution in [0, 0.1) is 0 Å². The summed E-state index contributed by atoms with van der Waals surface area (Å²) >= 11 is 0. The summed E-state index contributed by atoms with van der Waals surface area (Å²) in [5.74, 6) is -0.329. The smallest absolute Gasteiger partial charge is 0.269 e. The van der Waals surface area contributed by atoms with E-state index in [0.29, 0.717) is 5.57 Å². The monoisotopic (exact) mass is 226 g/mol. The highest BCUT2D eigenvalue weighted by Gasteiger charge is 2.10. The number of allylic oxidation sites excluding steroid dienone is 1. The molecule has 82 valence electrons. The summed E-state index contributed by atoms with van der Waals surface area (Å²) in [6.45, 7) is 1.92. The molecule has 0 bridgehead atoms. The summed E-state index contributed by atoms with van der Waals surface area (Å²) in [4.78, 5) is 0. The van der Waals surface area contributed by atoms with Gasteiger partial charge >= 0.3 is 0 Å². The summed E-state index contributed by atoms with van der Waals surface area (Å²) in [6.07, 6.45) is 2.54. The van der Waals surface area contributed by atoms with Crippen LogP contribution in [0.15, 0.2) is 36.4 Å². The van der Waals surface area contributed by atoms with E-state index < -0.39 is 10.1 Å². The highest BCUT2D eigenvalue weighted by molar-refractivity contribution is 7.86. The molecule has 1 N–H and O–H groups in total. The predicted octanol–water partition coefficient (Wildman–Crippen LogP) is 2.37. The van der Waals surface area contributed by atoms with Gasteiger partial charge in [0.15, 0.2) is 0 Å². The van der Waals surface area contributed by atoms with E-state index in [1.165, 1.54) is 0 Å². The van der Waals surface area contributed by atoms with Crippen molar-refractivity contribution in [2.45, 2.75) is 13.3 Å². The van der Waals surface area contributed by atoms with Gasteiger partial charge in [-0.1, -0.05) is 43.3 Å². The van der Waals surface area contributed by atoms with Crippen molar-refractivity contribution in [3.05, 3.63) is 42.0 Å². The molecule has 0 fully saturated rings. The second-order valence-electron chi connectivity index (χ2n) is 3.23. The Hall–Kier alpha value is -1.13. The van der Waals surface area contributed by atoms with Gasteiger partial charge in [-0.25, -0.2) is 0 Å². The van der Waals surface area contributed by atoms with Gasteiger partial charge in [0, 0.05) is 0 Å². The van der Waals surface area contributed by atoms with Crippen molar-refractivity contribution in [3.8, 4) is 0 Å². The molecule has 3 nitrogen and oxygen atoms in total. The molecule has 0 saturated carbocycles. The molecule has 0 heterocycles. The highest BCUT2D eigenvalue weighted by atomic mass is 32.2. The first kappa shape index (κ1) is 11.9. The maximum Gasteiger partial charge on any atom is 0.269 e. The van der Waals surface area contributed by atoms with Gasteiger partial charge in [-0.2, -0.15) is 8.42 Å². The Labute approximate surface area is 90.2 Å². The summed E-state index contributed by atoms with van der Waals surface area (Å²) in [5, 5.41) is 0. The molecular weight excluding hydrogens is 212 g/mol. The number of hydrogen-bond donors (Lipinski definition) is 1. The van der Waals surface area contributed by atoms with Crippen molar-refractivity contribution in [2.24, 2.45) is 0 Å². The minimum atomic E-state index is -3.96. The molecule has 15 heavy (non-hydrogen) atoms. The predicted molar refractivity (Wildman–Crippen MR) is 61.1 cm³/mol. The van der Waals surface area contributed by atoms with Crippen molar-refractivity contribution in [1.82, 2.24) is 0 Å². The van der Waals surface area contributed by atoms with Crippen LogP contribution in [-0.2, 0) is 10.1 Å². The minimum absolute atomic E-state index is 0.329. The van der Waals surface area contributed by atoms with Gasteiger partial charge in [-0.05, 0) is 17.6 Å². The summed E-state index contributed by atoms with van der Waals surface area (Å²) in [7, 11) is -3.96. The molecule has 0 amide bonds. The minimum Gasteiger partial charge on any atom is -0.285 e. The van der Waals surface area contributed by atoms with Gasteiger partial charge in [-0.3, -0.25) is 4.55 Å². The third-order valence-corrected chi connectivity index (χ3v) is 2.61. The first-order chi connectivity index (χ1) is 7.03. The lowest BCUT2D eigenvalue weighted by Gasteiger charge is -2.05. The fourth-order valence-corrected chi connectivity index (χ4v) is 2.03. The van der Waals surface area contributed by atoms with E-state index in [1.54, 1.807) is 0 Å². The average Bonchev–Trinajstić information content (AvgIpc) is 2.17. The molecule has 0 atom stereocenters. The fraction of sp³-hybridized carbons (Fsp3) is 0.273. The average molecular weight is 226 g/mol. The molecule has 1 rings (SSSR count).